The average molecular weight is 366 g/mol. The molecule has 28 heavy (non-hydrogen) atoms. The number of carbonyl (C=O) groups excluding carboxylic acids is 1. The molecule has 0 fully saturated rings. The summed E-state index contributed by atoms with van der Waals surface area (Å²) in [6.45, 7) is 0. The fourth-order valence-corrected chi connectivity index (χ4v) is 3.51. The summed E-state index contributed by atoms with van der Waals surface area (Å²) in [7, 11) is 1.64. The van der Waals surface area contributed by atoms with Crippen molar-refractivity contribution >= 4 is 22.8 Å². The summed E-state index contributed by atoms with van der Waals surface area (Å²) in [6, 6.07) is 23.9. The lowest BCUT2D eigenvalue weighted by Crippen LogP contribution is -1.98. The third-order valence-corrected chi connectivity index (χ3v) is 4.90. The molecule has 4 nitrogen and oxygen atoms in total. The number of fused-ring (bicyclic) bond motifs is 2. The van der Waals surface area contributed by atoms with Gasteiger partial charge in [-0.3, -0.25) is 4.79 Å². The third-order valence-electron chi connectivity index (χ3n) is 4.90. The van der Waals surface area contributed by atoms with E-state index in [-0.39, 0.29) is 5.78 Å². The smallest absolute Gasteiger partial charge is 0.231 e. The highest BCUT2D eigenvalue weighted by Gasteiger charge is 2.27. The molecule has 0 spiro atoms. The van der Waals surface area contributed by atoms with E-state index in [9.17, 15) is 4.79 Å². The molecule has 4 heteroatoms. The molecule has 4 aromatic rings. The van der Waals surface area contributed by atoms with Gasteiger partial charge in [0, 0.05) is 16.5 Å². The van der Waals surface area contributed by atoms with E-state index in [0.29, 0.717) is 17.1 Å². The van der Waals surface area contributed by atoms with Crippen LogP contribution in [0.2, 0.25) is 0 Å². The van der Waals surface area contributed by atoms with Gasteiger partial charge in [0.25, 0.3) is 0 Å². The number of hydrogen-bond acceptors (Lipinski definition) is 3. The van der Waals surface area contributed by atoms with E-state index in [1.54, 1.807) is 25.3 Å². The second-order valence-electron chi connectivity index (χ2n) is 6.55. The molecule has 1 aliphatic rings. The van der Waals surface area contributed by atoms with Gasteiger partial charge in [-0.15, -0.1) is 0 Å². The van der Waals surface area contributed by atoms with Crippen LogP contribution < -0.4 is 9.47 Å². The molecule has 135 valence electrons. The van der Waals surface area contributed by atoms with Gasteiger partial charge >= 0.3 is 0 Å². The molecule has 0 saturated heterocycles. The Labute approximate surface area is 162 Å². The molecule has 0 amide bonds. The summed E-state index contributed by atoms with van der Waals surface area (Å²) < 4.78 is 11.2. The highest BCUT2D eigenvalue weighted by atomic mass is 16.5. The number of nitrogens with one attached hydrogen (secondary N) is 1. The Kier molecular flexibility index (Phi) is 3.76. The van der Waals surface area contributed by atoms with Crippen molar-refractivity contribution in [2.24, 2.45) is 0 Å². The number of ketones is 1. The van der Waals surface area contributed by atoms with Crippen molar-refractivity contribution in [3.8, 4) is 22.8 Å². The molecule has 0 atom stereocenters. The van der Waals surface area contributed by atoms with Crippen molar-refractivity contribution in [1.29, 1.82) is 0 Å². The number of aromatic amines is 1. The van der Waals surface area contributed by atoms with Crippen LogP contribution >= 0.6 is 0 Å². The first kappa shape index (κ1) is 16.4. The molecule has 0 aliphatic carbocycles. The van der Waals surface area contributed by atoms with Gasteiger partial charge in [-0.1, -0.05) is 36.4 Å². The second-order valence-corrected chi connectivity index (χ2v) is 6.55. The van der Waals surface area contributed by atoms with Gasteiger partial charge in [0.2, 0.25) is 5.78 Å². The maximum atomic E-state index is 12.8. The molecular formula is C24H16NO3. The number of benzene rings is 3. The lowest BCUT2D eigenvalue weighted by atomic mass is 10.0. The maximum Gasteiger partial charge on any atom is 0.231 e. The van der Waals surface area contributed by atoms with Gasteiger partial charge in [-0.05, 0) is 48.0 Å². The Morgan fingerprint density at radius 3 is 2.75 bits per heavy atom. The molecule has 5 rings (SSSR count). The highest BCUT2D eigenvalue weighted by Crippen LogP contribution is 2.37. The fraction of sp³-hybridized carbons (Fsp3) is 0.0417. The summed E-state index contributed by atoms with van der Waals surface area (Å²) in [5.41, 5.74) is 4.36. The number of ether oxygens (including phenoxy) is 2. The first-order valence-electron chi connectivity index (χ1n) is 8.94. The normalized spacial score (nSPS) is 14.3. The van der Waals surface area contributed by atoms with Crippen LogP contribution in [0.1, 0.15) is 15.9 Å². The second kappa shape index (κ2) is 6.43. The summed E-state index contributed by atoms with van der Waals surface area (Å²) >= 11 is 0. The van der Waals surface area contributed by atoms with Gasteiger partial charge in [0.15, 0.2) is 5.76 Å². The molecule has 0 unspecified atom stereocenters. The van der Waals surface area contributed by atoms with E-state index in [0.717, 1.165) is 33.5 Å². The number of H-pyrrole nitrogens is 1. The van der Waals surface area contributed by atoms with E-state index >= 15 is 0 Å². The third kappa shape index (κ3) is 2.58. The van der Waals surface area contributed by atoms with Crippen molar-refractivity contribution in [3.05, 3.63) is 89.7 Å². The van der Waals surface area contributed by atoms with Crippen LogP contribution in [-0.2, 0) is 0 Å². The minimum Gasteiger partial charge on any atom is -0.497 e. The predicted octanol–water partition coefficient (Wildman–Crippen LogP) is 5.26. The number of allylic oxidation sites excluding steroid dienone is 1. The zero-order valence-electron chi connectivity index (χ0n) is 15.2. The number of hydrogen-bond donors (Lipinski definition) is 1. The molecule has 2 heterocycles. The Balaban J connectivity index is 1.73. The Morgan fingerprint density at radius 2 is 1.96 bits per heavy atom. The van der Waals surface area contributed by atoms with E-state index < -0.39 is 0 Å². The number of Topliss-reactive ketones (excluding diaryl/α,β-unsaturated/α-hetero) is 1. The SMILES string of the molecule is COc1ccc2[nH]c(-c3ccccc3)c(/C=C3\Oc4c[c]ccc4C3=O)c2c1. The lowest BCUT2D eigenvalue weighted by Gasteiger charge is -2.03. The monoisotopic (exact) mass is 366 g/mol. The van der Waals surface area contributed by atoms with Crippen molar-refractivity contribution in [1.82, 2.24) is 4.98 Å². The zero-order chi connectivity index (χ0) is 19.1. The van der Waals surface area contributed by atoms with E-state index in [1.807, 2.05) is 54.6 Å². The molecule has 1 radical (unpaired) electrons. The Hall–Kier alpha value is -3.79. The number of methoxy groups -OCH3 is 1. The first-order chi connectivity index (χ1) is 13.7. The average Bonchev–Trinajstić information content (AvgIpc) is 3.26. The predicted molar refractivity (Wildman–Crippen MR) is 109 cm³/mol. The molecular weight excluding hydrogens is 350 g/mol. The summed E-state index contributed by atoms with van der Waals surface area (Å²) in [6.07, 6.45) is 1.81. The lowest BCUT2D eigenvalue weighted by molar-refractivity contribution is 0.101. The molecule has 0 bridgehead atoms. The topological polar surface area (TPSA) is 51.3 Å². The molecule has 1 aliphatic heterocycles. The first-order valence-corrected chi connectivity index (χ1v) is 8.94. The van der Waals surface area contributed by atoms with Crippen molar-refractivity contribution in [2.45, 2.75) is 0 Å². The summed E-state index contributed by atoms with van der Waals surface area (Å²) in [5.74, 6) is 1.47. The largest absolute Gasteiger partial charge is 0.497 e. The van der Waals surface area contributed by atoms with Gasteiger partial charge < -0.3 is 14.5 Å². The van der Waals surface area contributed by atoms with Gasteiger partial charge in [-0.2, -0.15) is 0 Å². The minimum atomic E-state index is -0.125. The Bertz CT molecular complexity index is 1240. The van der Waals surface area contributed by atoms with Crippen LogP contribution in [0.5, 0.6) is 11.5 Å². The van der Waals surface area contributed by atoms with E-state index in [4.69, 9.17) is 9.47 Å². The highest BCUT2D eigenvalue weighted by molar-refractivity contribution is 6.15. The number of aromatic nitrogens is 1. The van der Waals surface area contributed by atoms with Crippen LogP contribution in [0.25, 0.3) is 28.2 Å². The van der Waals surface area contributed by atoms with Crippen molar-refractivity contribution < 1.29 is 14.3 Å². The maximum absolute atomic E-state index is 12.8. The van der Waals surface area contributed by atoms with Gasteiger partial charge in [0.1, 0.15) is 11.5 Å². The van der Waals surface area contributed by atoms with Crippen LogP contribution in [0, 0.1) is 6.07 Å². The standard InChI is InChI=1S/C24H16NO3/c1-27-16-11-12-20-18(13-16)19(23(25-20)15-7-3-2-4-8-15)14-22-24(26)17-9-5-6-10-21(17)28-22/h2-5,7-14,25H,1H3/b22-14-. The molecule has 1 aromatic heterocycles. The van der Waals surface area contributed by atoms with Crippen LogP contribution in [0.4, 0.5) is 0 Å². The van der Waals surface area contributed by atoms with Crippen LogP contribution in [0.15, 0.2) is 72.5 Å². The van der Waals surface area contributed by atoms with Gasteiger partial charge in [-0.25, -0.2) is 0 Å². The van der Waals surface area contributed by atoms with E-state index in [1.165, 1.54) is 0 Å². The molecule has 3 aromatic carbocycles. The summed E-state index contributed by atoms with van der Waals surface area (Å²) in [5, 5.41) is 0.963. The van der Waals surface area contributed by atoms with Crippen LogP contribution in [0.3, 0.4) is 0 Å². The number of rotatable bonds is 3. The zero-order valence-corrected chi connectivity index (χ0v) is 15.2. The fourth-order valence-electron chi connectivity index (χ4n) is 3.51. The molecule has 0 saturated carbocycles. The van der Waals surface area contributed by atoms with E-state index in [2.05, 4.69) is 11.1 Å². The van der Waals surface area contributed by atoms with Gasteiger partial charge in [0.05, 0.1) is 18.4 Å². The number of carbonyl (C=O) groups is 1. The Morgan fingerprint density at radius 1 is 1.11 bits per heavy atom. The van der Waals surface area contributed by atoms with Crippen LogP contribution in [-0.4, -0.2) is 17.9 Å². The minimum absolute atomic E-state index is 0.125. The van der Waals surface area contributed by atoms with Crippen molar-refractivity contribution in [2.75, 3.05) is 7.11 Å². The van der Waals surface area contributed by atoms with Crippen molar-refractivity contribution in [3.63, 3.8) is 0 Å². The molecule has 1 N–H and O–H groups in total. The quantitative estimate of drug-likeness (QED) is 0.503. The summed E-state index contributed by atoms with van der Waals surface area (Å²) in [4.78, 5) is 16.3.